The topological polar surface area (TPSA) is 46.5 Å². The van der Waals surface area contributed by atoms with E-state index in [-0.39, 0.29) is 0 Å². The summed E-state index contributed by atoms with van der Waals surface area (Å²) in [4.78, 5) is 9.81. The van der Waals surface area contributed by atoms with Gasteiger partial charge in [0.05, 0.1) is 0 Å². The van der Waals surface area contributed by atoms with Crippen molar-refractivity contribution in [2.75, 3.05) is 0 Å². The lowest BCUT2D eigenvalue weighted by molar-refractivity contribution is -0.154. The zero-order valence-electron chi connectivity index (χ0n) is 6.53. The molecule has 1 fully saturated rings. The molecule has 0 spiro atoms. The van der Waals surface area contributed by atoms with Gasteiger partial charge in [-0.25, -0.2) is 0 Å². The number of carbonyl (C=O) groups excluding carboxylic acids is 1. The molecule has 0 aliphatic heterocycles. The average molecular weight is 158 g/mol. The third-order valence-corrected chi connectivity index (χ3v) is 2.22. The molecule has 3 nitrogen and oxygen atoms in total. The number of hydrogen-bond donors (Lipinski definition) is 1. The standard InChI is InChI=1S/C8H14O3/c9-6-11-8(10)5-7-3-1-2-4-7/h6-8,10H,1-5H2. The second-order valence-corrected chi connectivity index (χ2v) is 3.07. The zero-order chi connectivity index (χ0) is 8.10. The van der Waals surface area contributed by atoms with Gasteiger partial charge in [0.1, 0.15) is 0 Å². The Morgan fingerprint density at radius 1 is 1.55 bits per heavy atom. The molecule has 0 heterocycles. The molecule has 1 unspecified atom stereocenters. The number of ether oxygens (including phenoxy) is 1. The molecule has 0 radical (unpaired) electrons. The van der Waals surface area contributed by atoms with Gasteiger partial charge >= 0.3 is 0 Å². The fraction of sp³-hybridized carbons (Fsp3) is 0.875. The smallest absolute Gasteiger partial charge is 0.295 e. The lowest BCUT2D eigenvalue weighted by atomic mass is 10.0. The van der Waals surface area contributed by atoms with Gasteiger partial charge in [-0.1, -0.05) is 25.7 Å². The van der Waals surface area contributed by atoms with E-state index in [0.717, 1.165) is 0 Å². The molecule has 1 rings (SSSR count). The van der Waals surface area contributed by atoms with Crippen molar-refractivity contribution in [2.45, 2.75) is 38.4 Å². The molecular formula is C8H14O3. The van der Waals surface area contributed by atoms with Gasteiger partial charge in [0, 0.05) is 6.42 Å². The van der Waals surface area contributed by atoms with E-state index in [0.29, 0.717) is 18.8 Å². The van der Waals surface area contributed by atoms with Gasteiger partial charge in [0.15, 0.2) is 0 Å². The third kappa shape index (κ3) is 2.89. The molecule has 1 aliphatic carbocycles. The second-order valence-electron chi connectivity index (χ2n) is 3.07. The lowest BCUT2D eigenvalue weighted by Crippen LogP contribution is -2.14. The Morgan fingerprint density at radius 2 is 2.18 bits per heavy atom. The minimum atomic E-state index is -0.879. The van der Waals surface area contributed by atoms with E-state index in [9.17, 15) is 4.79 Å². The van der Waals surface area contributed by atoms with Gasteiger partial charge in [-0.2, -0.15) is 0 Å². The highest BCUT2D eigenvalue weighted by Crippen LogP contribution is 2.28. The van der Waals surface area contributed by atoms with Crippen LogP contribution in [0, 0.1) is 5.92 Å². The first-order valence-corrected chi connectivity index (χ1v) is 4.10. The summed E-state index contributed by atoms with van der Waals surface area (Å²) >= 11 is 0. The van der Waals surface area contributed by atoms with Crippen LogP contribution >= 0.6 is 0 Å². The van der Waals surface area contributed by atoms with Gasteiger partial charge < -0.3 is 9.84 Å². The normalized spacial score (nSPS) is 21.5. The van der Waals surface area contributed by atoms with Crippen LogP contribution in [-0.2, 0) is 9.53 Å². The Kier molecular flexibility index (Phi) is 3.36. The maximum absolute atomic E-state index is 9.81. The quantitative estimate of drug-likeness (QED) is 0.491. The molecule has 1 saturated carbocycles. The van der Waals surface area contributed by atoms with Crippen LogP contribution in [-0.4, -0.2) is 17.9 Å². The van der Waals surface area contributed by atoms with Gasteiger partial charge in [-0.3, -0.25) is 4.79 Å². The fourth-order valence-corrected chi connectivity index (χ4v) is 1.65. The minimum Gasteiger partial charge on any atom is -0.438 e. The highest BCUT2D eigenvalue weighted by molar-refractivity contribution is 5.37. The summed E-state index contributed by atoms with van der Waals surface area (Å²) < 4.78 is 4.38. The van der Waals surface area contributed by atoms with Gasteiger partial charge in [-0.05, 0) is 5.92 Å². The van der Waals surface area contributed by atoms with Crippen LogP contribution in [0.2, 0.25) is 0 Å². The van der Waals surface area contributed by atoms with Crippen LogP contribution < -0.4 is 0 Å². The predicted molar refractivity (Wildman–Crippen MR) is 39.7 cm³/mol. The number of aliphatic hydroxyl groups excluding tert-OH is 1. The molecule has 1 N–H and O–H groups in total. The summed E-state index contributed by atoms with van der Waals surface area (Å²) in [6.07, 6.45) is 4.56. The van der Waals surface area contributed by atoms with Crippen LogP contribution in [0.5, 0.6) is 0 Å². The van der Waals surface area contributed by atoms with Crippen molar-refractivity contribution in [1.82, 2.24) is 0 Å². The van der Waals surface area contributed by atoms with Crippen molar-refractivity contribution in [3.63, 3.8) is 0 Å². The fourth-order valence-electron chi connectivity index (χ4n) is 1.65. The van der Waals surface area contributed by atoms with E-state index in [1.54, 1.807) is 0 Å². The summed E-state index contributed by atoms with van der Waals surface area (Å²) in [5.74, 6) is 0.560. The van der Waals surface area contributed by atoms with Gasteiger partial charge in [-0.15, -0.1) is 0 Å². The zero-order valence-corrected chi connectivity index (χ0v) is 6.53. The van der Waals surface area contributed by atoms with Gasteiger partial charge in [0.2, 0.25) is 6.29 Å². The Morgan fingerprint density at radius 3 is 2.73 bits per heavy atom. The van der Waals surface area contributed by atoms with E-state index in [1.807, 2.05) is 0 Å². The molecule has 1 aliphatic rings. The largest absolute Gasteiger partial charge is 0.438 e. The van der Waals surface area contributed by atoms with Crippen molar-refractivity contribution < 1.29 is 14.6 Å². The van der Waals surface area contributed by atoms with Crippen LogP contribution in [0.4, 0.5) is 0 Å². The Balaban J connectivity index is 2.12. The van der Waals surface area contributed by atoms with Crippen molar-refractivity contribution in [1.29, 1.82) is 0 Å². The Hall–Kier alpha value is -0.570. The third-order valence-electron chi connectivity index (χ3n) is 2.22. The molecular weight excluding hydrogens is 144 g/mol. The number of aliphatic hydroxyl groups is 1. The van der Waals surface area contributed by atoms with Crippen molar-refractivity contribution in [3.05, 3.63) is 0 Å². The van der Waals surface area contributed by atoms with Gasteiger partial charge in [0.25, 0.3) is 6.47 Å². The number of carbonyl (C=O) groups is 1. The molecule has 0 aromatic heterocycles. The highest BCUT2D eigenvalue weighted by Gasteiger charge is 2.18. The van der Waals surface area contributed by atoms with E-state index in [1.165, 1.54) is 25.7 Å². The monoisotopic (exact) mass is 158 g/mol. The molecule has 11 heavy (non-hydrogen) atoms. The summed E-state index contributed by atoms with van der Waals surface area (Å²) in [7, 11) is 0. The highest BCUT2D eigenvalue weighted by atomic mass is 16.6. The molecule has 3 heteroatoms. The molecule has 0 aromatic carbocycles. The summed E-state index contributed by atoms with van der Waals surface area (Å²) in [6.45, 7) is 0.305. The molecule has 0 saturated heterocycles. The SMILES string of the molecule is O=COC(O)CC1CCCC1. The molecule has 1 atom stereocenters. The first-order valence-electron chi connectivity index (χ1n) is 4.10. The summed E-state index contributed by atoms with van der Waals surface area (Å²) in [5.41, 5.74) is 0. The average Bonchev–Trinajstić information content (AvgIpc) is 2.40. The van der Waals surface area contributed by atoms with Crippen molar-refractivity contribution in [2.24, 2.45) is 5.92 Å². The molecule has 0 aromatic rings. The first kappa shape index (κ1) is 8.53. The van der Waals surface area contributed by atoms with Crippen LogP contribution in [0.15, 0.2) is 0 Å². The lowest BCUT2D eigenvalue weighted by Gasteiger charge is -2.12. The first-order chi connectivity index (χ1) is 5.33. The summed E-state index contributed by atoms with van der Waals surface area (Å²) in [6, 6.07) is 0. The number of hydrogen-bond acceptors (Lipinski definition) is 3. The molecule has 64 valence electrons. The maximum Gasteiger partial charge on any atom is 0.295 e. The minimum absolute atomic E-state index is 0.305. The van der Waals surface area contributed by atoms with E-state index >= 15 is 0 Å². The number of rotatable bonds is 4. The molecule has 0 bridgehead atoms. The van der Waals surface area contributed by atoms with Crippen molar-refractivity contribution in [3.8, 4) is 0 Å². The van der Waals surface area contributed by atoms with Crippen LogP contribution in [0.3, 0.4) is 0 Å². The van der Waals surface area contributed by atoms with Crippen LogP contribution in [0.25, 0.3) is 0 Å². The van der Waals surface area contributed by atoms with E-state index in [2.05, 4.69) is 4.74 Å². The molecule has 0 amide bonds. The summed E-state index contributed by atoms with van der Waals surface area (Å²) in [5, 5.41) is 9.06. The maximum atomic E-state index is 9.81. The van der Waals surface area contributed by atoms with E-state index in [4.69, 9.17) is 5.11 Å². The Bertz CT molecular complexity index is 119. The second kappa shape index (κ2) is 4.34. The van der Waals surface area contributed by atoms with Crippen molar-refractivity contribution >= 4 is 6.47 Å². The van der Waals surface area contributed by atoms with E-state index < -0.39 is 6.29 Å². The van der Waals surface area contributed by atoms with Crippen LogP contribution in [0.1, 0.15) is 32.1 Å². The predicted octanol–water partition coefficient (Wildman–Crippen LogP) is 1.06. The Labute approximate surface area is 66.4 Å².